The van der Waals surface area contributed by atoms with Crippen LogP contribution < -0.4 is 9.47 Å². The van der Waals surface area contributed by atoms with Crippen LogP contribution in [0.4, 0.5) is 0 Å². The van der Waals surface area contributed by atoms with E-state index in [9.17, 15) is 0 Å². The molecule has 2 aromatic rings. The van der Waals surface area contributed by atoms with Crippen LogP contribution in [0.2, 0.25) is 0 Å². The minimum Gasteiger partial charge on any atom is -0.497 e. The first-order valence-electron chi connectivity index (χ1n) is 5.44. The van der Waals surface area contributed by atoms with Crippen molar-refractivity contribution in [1.29, 1.82) is 0 Å². The largest absolute Gasteiger partial charge is 0.497 e. The Labute approximate surface area is 110 Å². The molecule has 5 heteroatoms. The second-order valence-electron chi connectivity index (χ2n) is 3.72. The highest BCUT2D eigenvalue weighted by atomic mass is 35.5. The van der Waals surface area contributed by atoms with Gasteiger partial charge >= 0.3 is 0 Å². The van der Waals surface area contributed by atoms with Gasteiger partial charge in [0.1, 0.15) is 17.3 Å². The Bertz CT molecular complexity index is 551. The van der Waals surface area contributed by atoms with Crippen LogP contribution in [0.1, 0.15) is 11.5 Å². The van der Waals surface area contributed by atoms with Gasteiger partial charge in [0, 0.05) is 6.07 Å². The predicted molar refractivity (Wildman–Crippen MR) is 69.3 cm³/mol. The molecule has 0 aliphatic heterocycles. The van der Waals surface area contributed by atoms with Crippen LogP contribution in [0.3, 0.4) is 0 Å². The number of benzene rings is 1. The summed E-state index contributed by atoms with van der Waals surface area (Å²) in [5.74, 6) is 2.92. The second kappa shape index (κ2) is 5.31. The van der Waals surface area contributed by atoms with Gasteiger partial charge in [-0.15, -0.1) is 11.6 Å². The lowest BCUT2D eigenvalue weighted by atomic mass is 10.2. The molecule has 0 aliphatic rings. The molecule has 18 heavy (non-hydrogen) atoms. The third kappa shape index (κ3) is 2.29. The molecule has 0 N–H and O–H groups in total. The molecule has 0 amide bonds. The van der Waals surface area contributed by atoms with Gasteiger partial charge in [-0.1, -0.05) is 0 Å². The van der Waals surface area contributed by atoms with Crippen LogP contribution in [0.25, 0.3) is 11.5 Å². The first-order chi connectivity index (χ1) is 8.69. The molecule has 1 heterocycles. The van der Waals surface area contributed by atoms with Crippen molar-refractivity contribution < 1.29 is 13.9 Å². The van der Waals surface area contributed by atoms with Gasteiger partial charge in [-0.05, 0) is 19.1 Å². The van der Waals surface area contributed by atoms with Crippen LogP contribution >= 0.6 is 11.6 Å². The zero-order valence-corrected chi connectivity index (χ0v) is 11.2. The molecule has 96 valence electrons. The number of oxazole rings is 1. The summed E-state index contributed by atoms with van der Waals surface area (Å²) < 4.78 is 16.0. The van der Waals surface area contributed by atoms with Crippen molar-refractivity contribution in [1.82, 2.24) is 4.98 Å². The Kier molecular flexibility index (Phi) is 3.77. The molecule has 0 fully saturated rings. The van der Waals surface area contributed by atoms with Crippen molar-refractivity contribution in [3.8, 4) is 23.0 Å². The van der Waals surface area contributed by atoms with Gasteiger partial charge in [0.15, 0.2) is 0 Å². The van der Waals surface area contributed by atoms with Crippen molar-refractivity contribution in [2.24, 2.45) is 0 Å². The number of rotatable bonds is 4. The Balaban J connectivity index is 2.48. The predicted octanol–water partition coefficient (Wildman–Crippen LogP) is 3.41. The summed E-state index contributed by atoms with van der Waals surface area (Å²) in [6.07, 6.45) is 0. The Hall–Kier alpha value is -1.68. The quantitative estimate of drug-likeness (QED) is 0.797. The van der Waals surface area contributed by atoms with E-state index in [2.05, 4.69) is 4.98 Å². The molecule has 0 bridgehead atoms. The molecule has 0 atom stereocenters. The van der Waals surface area contributed by atoms with Crippen LogP contribution in [-0.2, 0) is 5.88 Å². The van der Waals surface area contributed by atoms with E-state index in [4.69, 9.17) is 25.5 Å². The number of halogens is 1. The SMILES string of the molecule is COc1ccc(-c2nc(CCl)c(C)o2)c(OC)c1. The maximum atomic E-state index is 5.78. The van der Waals surface area contributed by atoms with E-state index in [1.54, 1.807) is 20.3 Å². The van der Waals surface area contributed by atoms with Gasteiger partial charge in [0.05, 0.1) is 31.4 Å². The van der Waals surface area contributed by atoms with Crippen LogP contribution in [0.5, 0.6) is 11.5 Å². The van der Waals surface area contributed by atoms with Gasteiger partial charge in [-0.2, -0.15) is 0 Å². The zero-order chi connectivity index (χ0) is 13.1. The summed E-state index contributed by atoms with van der Waals surface area (Å²) in [5, 5.41) is 0. The summed E-state index contributed by atoms with van der Waals surface area (Å²) in [4.78, 5) is 4.34. The average Bonchev–Trinajstić information content (AvgIpc) is 2.79. The fourth-order valence-electron chi connectivity index (χ4n) is 1.64. The topological polar surface area (TPSA) is 44.5 Å². The average molecular weight is 268 g/mol. The van der Waals surface area contributed by atoms with Crippen molar-refractivity contribution in [2.75, 3.05) is 14.2 Å². The minimum atomic E-state index is 0.327. The van der Waals surface area contributed by atoms with E-state index < -0.39 is 0 Å². The Morgan fingerprint density at radius 2 is 2.06 bits per heavy atom. The highest BCUT2D eigenvalue weighted by Crippen LogP contribution is 2.33. The first-order valence-corrected chi connectivity index (χ1v) is 5.97. The molecule has 0 radical (unpaired) electrons. The maximum absolute atomic E-state index is 5.78. The fraction of sp³-hybridized carbons (Fsp3) is 0.308. The lowest BCUT2D eigenvalue weighted by Crippen LogP contribution is -1.90. The normalized spacial score (nSPS) is 10.4. The van der Waals surface area contributed by atoms with E-state index >= 15 is 0 Å². The molecule has 0 saturated carbocycles. The Morgan fingerprint density at radius 1 is 1.28 bits per heavy atom. The number of ether oxygens (including phenoxy) is 2. The second-order valence-corrected chi connectivity index (χ2v) is 3.99. The number of hydrogen-bond donors (Lipinski definition) is 0. The highest BCUT2D eigenvalue weighted by molar-refractivity contribution is 6.17. The molecule has 4 nitrogen and oxygen atoms in total. The highest BCUT2D eigenvalue weighted by Gasteiger charge is 2.15. The minimum absolute atomic E-state index is 0.327. The van der Waals surface area contributed by atoms with Crippen LogP contribution in [0, 0.1) is 6.92 Å². The van der Waals surface area contributed by atoms with Crippen molar-refractivity contribution in [3.05, 3.63) is 29.7 Å². The molecule has 1 aromatic heterocycles. The monoisotopic (exact) mass is 267 g/mol. The lowest BCUT2D eigenvalue weighted by Gasteiger charge is -2.07. The zero-order valence-electron chi connectivity index (χ0n) is 10.5. The van der Waals surface area contributed by atoms with E-state index in [0.29, 0.717) is 17.5 Å². The van der Waals surface area contributed by atoms with E-state index in [1.807, 2.05) is 19.1 Å². The third-order valence-electron chi connectivity index (χ3n) is 2.66. The van der Waals surface area contributed by atoms with E-state index in [1.165, 1.54) is 0 Å². The molecule has 0 spiro atoms. The summed E-state index contributed by atoms with van der Waals surface area (Å²) in [6.45, 7) is 1.84. The fourth-order valence-corrected chi connectivity index (χ4v) is 1.89. The number of nitrogens with zero attached hydrogens (tertiary/aromatic N) is 1. The number of aryl methyl sites for hydroxylation is 1. The number of methoxy groups -OCH3 is 2. The molecule has 0 saturated heterocycles. The molecule has 1 aromatic carbocycles. The summed E-state index contributed by atoms with van der Waals surface area (Å²) in [7, 11) is 3.20. The van der Waals surface area contributed by atoms with E-state index in [-0.39, 0.29) is 0 Å². The van der Waals surface area contributed by atoms with Crippen molar-refractivity contribution in [2.45, 2.75) is 12.8 Å². The molecular weight excluding hydrogens is 254 g/mol. The summed E-state index contributed by atoms with van der Waals surface area (Å²) in [5.41, 5.74) is 1.52. The summed E-state index contributed by atoms with van der Waals surface area (Å²) in [6, 6.07) is 5.47. The van der Waals surface area contributed by atoms with Gasteiger partial charge in [-0.3, -0.25) is 0 Å². The lowest BCUT2D eigenvalue weighted by molar-refractivity contribution is 0.394. The van der Waals surface area contributed by atoms with Crippen LogP contribution in [-0.4, -0.2) is 19.2 Å². The smallest absolute Gasteiger partial charge is 0.230 e. The number of hydrogen-bond acceptors (Lipinski definition) is 4. The first kappa shape index (κ1) is 12.8. The van der Waals surface area contributed by atoms with Crippen molar-refractivity contribution >= 4 is 11.6 Å². The van der Waals surface area contributed by atoms with Gasteiger partial charge in [-0.25, -0.2) is 4.98 Å². The van der Waals surface area contributed by atoms with Gasteiger partial charge in [0.25, 0.3) is 0 Å². The van der Waals surface area contributed by atoms with Crippen LogP contribution in [0.15, 0.2) is 22.6 Å². The van der Waals surface area contributed by atoms with Gasteiger partial charge in [0.2, 0.25) is 5.89 Å². The van der Waals surface area contributed by atoms with Gasteiger partial charge < -0.3 is 13.9 Å². The standard InChI is InChI=1S/C13H14ClNO3/c1-8-11(7-14)15-13(18-8)10-5-4-9(16-2)6-12(10)17-3/h4-6H,7H2,1-3H3. The Morgan fingerprint density at radius 3 is 2.61 bits per heavy atom. The number of aromatic nitrogens is 1. The van der Waals surface area contributed by atoms with Crippen molar-refractivity contribution in [3.63, 3.8) is 0 Å². The third-order valence-corrected chi connectivity index (χ3v) is 2.91. The molecular formula is C13H14ClNO3. The number of alkyl halides is 1. The van der Waals surface area contributed by atoms with E-state index in [0.717, 1.165) is 22.8 Å². The maximum Gasteiger partial charge on any atom is 0.230 e. The molecule has 0 unspecified atom stereocenters. The molecule has 0 aliphatic carbocycles. The molecule has 2 rings (SSSR count). The summed E-state index contributed by atoms with van der Waals surface area (Å²) >= 11 is 5.78.